The Morgan fingerprint density at radius 3 is 2.12 bits per heavy atom. The average Bonchev–Trinajstić information content (AvgIpc) is 2.31. The summed E-state index contributed by atoms with van der Waals surface area (Å²) in [6.07, 6.45) is 0. The molecular formula is C12H24N2OS2. The molecule has 0 spiro atoms. The Balaban J connectivity index is 3.41. The van der Waals surface area contributed by atoms with Gasteiger partial charge >= 0.3 is 0 Å². The highest BCUT2D eigenvalue weighted by Crippen LogP contribution is 2.17. The topological polar surface area (TPSA) is 55.1 Å². The maximum absolute atomic E-state index is 11.1. The van der Waals surface area contributed by atoms with Crippen LogP contribution in [0.25, 0.3) is 0 Å². The molecule has 2 unspecified atom stereocenters. The summed E-state index contributed by atoms with van der Waals surface area (Å²) in [7, 11) is 0. The monoisotopic (exact) mass is 276 g/mol. The molecule has 0 saturated heterocycles. The third-order valence-corrected chi connectivity index (χ3v) is 5.25. The molecule has 5 heteroatoms. The lowest BCUT2D eigenvalue weighted by Gasteiger charge is -2.11. The van der Waals surface area contributed by atoms with E-state index in [9.17, 15) is 4.79 Å². The number of nitrogens with one attached hydrogen (secondary N) is 1. The molecule has 100 valence electrons. The van der Waals surface area contributed by atoms with Gasteiger partial charge in [0.15, 0.2) is 0 Å². The quantitative estimate of drug-likeness (QED) is 0.223. The minimum atomic E-state index is -0.0824. The minimum absolute atomic E-state index is 0.00987. The molecule has 0 aromatic carbocycles. The van der Waals surface area contributed by atoms with Gasteiger partial charge in [0.2, 0.25) is 5.91 Å². The second-order valence-electron chi connectivity index (χ2n) is 4.31. The van der Waals surface area contributed by atoms with Crippen molar-refractivity contribution in [1.29, 1.82) is 0 Å². The highest BCUT2D eigenvalue weighted by atomic mass is 32.2. The van der Waals surface area contributed by atoms with E-state index in [1.54, 1.807) is 11.8 Å². The van der Waals surface area contributed by atoms with Crippen molar-refractivity contribution in [2.45, 2.75) is 20.8 Å². The predicted molar refractivity (Wildman–Crippen MR) is 80.1 cm³/mol. The molecule has 2 atom stereocenters. The predicted octanol–water partition coefficient (Wildman–Crippen LogP) is 2.29. The van der Waals surface area contributed by atoms with Crippen LogP contribution < -0.4 is 11.3 Å². The maximum Gasteiger partial charge on any atom is 0.237 e. The summed E-state index contributed by atoms with van der Waals surface area (Å²) in [6.45, 7) is 10.1. The van der Waals surface area contributed by atoms with Crippen LogP contribution >= 0.6 is 23.5 Å². The molecule has 0 bridgehead atoms. The molecule has 0 aromatic rings. The van der Waals surface area contributed by atoms with Gasteiger partial charge in [-0.15, -0.1) is 0 Å². The molecule has 0 aliphatic rings. The first-order valence-corrected chi connectivity index (χ1v) is 8.11. The van der Waals surface area contributed by atoms with Gasteiger partial charge in [-0.05, 0) is 18.6 Å². The Labute approximate surface area is 113 Å². The fourth-order valence-electron chi connectivity index (χ4n) is 0.998. The van der Waals surface area contributed by atoms with Crippen LogP contribution in [0.15, 0.2) is 12.2 Å². The minimum Gasteiger partial charge on any atom is -0.294 e. The summed E-state index contributed by atoms with van der Waals surface area (Å²) >= 11 is 3.75. The Morgan fingerprint density at radius 1 is 1.24 bits per heavy atom. The van der Waals surface area contributed by atoms with Gasteiger partial charge < -0.3 is 0 Å². The average molecular weight is 276 g/mol. The van der Waals surface area contributed by atoms with Crippen molar-refractivity contribution in [3.8, 4) is 0 Å². The van der Waals surface area contributed by atoms with E-state index in [0.29, 0.717) is 5.92 Å². The number of amides is 1. The van der Waals surface area contributed by atoms with Crippen LogP contribution in [0.3, 0.4) is 0 Å². The van der Waals surface area contributed by atoms with E-state index in [2.05, 4.69) is 25.9 Å². The number of rotatable bonds is 9. The van der Waals surface area contributed by atoms with E-state index in [1.165, 1.54) is 5.57 Å². The van der Waals surface area contributed by atoms with Crippen molar-refractivity contribution >= 4 is 29.4 Å². The van der Waals surface area contributed by atoms with Crippen LogP contribution in [0.2, 0.25) is 0 Å². The van der Waals surface area contributed by atoms with Gasteiger partial charge in [-0.25, -0.2) is 5.84 Å². The molecule has 0 aromatic heterocycles. The third kappa shape index (κ3) is 8.57. The Kier molecular flexibility index (Phi) is 9.78. The van der Waals surface area contributed by atoms with E-state index in [4.69, 9.17) is 5.84 Å². The summed E-state index contributed by atoms with van der Waals surface area (Å²) in [6, 6.07) is 0. The molecule has 3 N–H and O–H groups in total. The zero-order valence-electron chi connectivity index (χ0n) is 11.0. The molecule has 17 heavy (non-hydrogen) atoms. The van der Waals surface area contributed by atoms with E-state index >= 15 is 0 Å². The normalized spacial score (nSPS) is 14.1. The molecule has 0 radical (unpaired) electrons. The number of nitrogens with two attached hydrogens (primary N) is 1. The van der Waals surface area contributed by atoms with Crippen molar-refractivity contribution < 1.29 is 4.79 Å². The molecule has 0 aliphatic heterocycles. The smallest absolute Gasteiger partial charge is 0.237 e. The molecule has 3 nitrogen and oxygen atoms in total. The summed E-state index contributed by atoms with van der Waals surface area (Å²) in [5.74, 6) is 9.73. The fraction of sp³-hybridized carbons (Fsp3) is 0.750. The van der Waals surface area contributed by atoms with Gasteiger partial charge in [-0.1, -0.05) is 26.0 Å². The zero-order valence-corrected chi connectivity index (χ0v) is 12.6. The second-order valence-corrected chi connectivity index (χ2v) is 6.61. The summed E-state index contributed by atoms with van der Waals surface area (Å²) < 4.78 is 0. The van der Waals surface area contributed by atoms with Crippen LogP contribution in [0.4, 0.5) is 0 Å². The van der Waals surface area contributed by atoms with E-state index < -0.39 is 0 Å². The second kappa shape index (κ2) is 9.85. The van der Waals surface area contributed by atoms with Crippen LogP contribution in [0.1, 0.15) is 20.8 Å². The Morgan fingerprint density at radius 2 is 1.71 bits per heavy atom. The number of hydrogen-bond donors (Lipinski definition) is 2. The number of allylic oxidation sites excluding steroid dienone is 1. The SMILES string of the molecule is C=C(C)C(C)CSCCSCC(C)C(=O)NN. The highest BCUT2D eigenvalue weighted by molar-refractivity contribution is 8.02. The van der Waals surface area contributed by atoms with Gasteiger partial charge in [0, 0.05) is 23.2 Å². The number of hydrogen-bond acceptors (Lipinski definition) is 4. The standard InChI is InChI=1S/C12H24N2OS2/c1-9(2)10(3)7-16-5-6-17-8-11(4)12(15)14-13/h10-11H,1,5-8,13H2,2-4H3,(H,14,15). The van der Waals surface area contributed by atoms with Crippen molar-refractivity contribution in [3.63, 3.8) is 0 Å². The largest absolute Gasteiger partial charge is 0.294 e. The van der Waals surface area contributed by atoms with E-state index in [1.807, 2.05) is 18.7 Å². The maximum atomic E-state index is 11.1. The molecular weight excluding hydrogens is 252 g/mol. The third-order valence-electron chi connectivity index (χ3n) is 2.54. The van der Waals surface area contributed by atoms with Gasteiger partial charge in [-0.3, -0.25) is 10.2 Å². The molecule has 0 aliphatic carbocycles. The first-order chi connectivity index (χ1) is 7.99. The molecule has 1 amide bonds. The molecule has 0 heterocycles. The number of carbonyl (C=O) groups excluding carboxylic acids is 1. The summed E-state index contributed by atoms with van der Waals surface area (Å²) in [5, 5.41) is 0. The first-order valence-electron chi connectivity index (χ1n) is 5.80. The fourth-order valence-corrected chi connectivity index (χ4v) is 3.42. The summed E-state index contributed by atoms with van der Waals surface area (Å²) in [4.78, 5) is 11.1. The number of carbonyl (C=O) groups is 1. The summed E-state index contributed by atoms with van der Waals surface area (Å²) in [5.41, 5.74) is 3.43. The van der Waals surface area contributed by atoms with Crippen molar-refractivity contribution in [2.75, 3.05) is 23.0 Å². The lowest BCUT2D eigenvalue weighted by molar-refractivity contribution is -0.123. The van der Waals surface area contributed by atoms with Gasteiger partial charge in [0.05, 0.1) is 0 Å². The van der Waals surface area contributed by atoms with Gasteiger partial charge in [0.25, 0.3) is 0 Å². The zero-order chi connectivity index (χ0) is 13.3. The Hall–Kier alpha value is -0.130. The molecule has 0 fully saturated rings. The number of thioether (sulfide) groups is 2. The number of hydrazine groups is 1. The van der Waals surface area contributed by atoms with Gasteiger partial charge in [-0.2, -0.15) is 23.5 Å². The highest BCUT2D eigenvalue weighted by Gasteiger charge is 2.10. The van der Waals surface area contributed by atoms with Crippen molar-refractivity contribution in [2.24, 2.45) is 17.7 Å². The van der Waals surface area contributed by atoms with Crippen LogP contribution in [-0.4, -0.2) is 28.9 Å². The van der Waals surface area contributed by atoms with Crippen LogP contribution in [0, 0.1) is 11.8 Å². The van der Waals surface area contributed by atoms with E-state index in [-0.39, 0.29) is 11.8 Å². The molecule has 0 saturated carbocycles. The lowest BCUT2D eigenvalue weighted by Crippen LogP contribution is -2.35. The van der Waals surface area contributed by atoms with E-state index in [0.717, 1.165) is 23.0 Å². The van der Waals surface area contributed by atoms with Crippen LogP contribution in [-0.2, 0) is 4.79 Å². The Bertz CT molecular complexity index is 247. The van der Waals surface area contributed by atoms with Crippen molar-refractivity contribution in [1.82, 2.24) is 5.43 Å². The lowest BCUT2D eigenvalue weighted by atomic mass is 10.1. The van der Waals surface area contributed by atoms with Gasteiger partial charge in [0.1, 0.15) is 0 Å². The first kappa shape index (κ1) is 16.9. The molecule has 0 rings (SSSR count). The van der Waals surface area contributed by atoms with Crippen molar-refractivity contribution in [3.05, 3.63) is 12.2 Å². The van der Waals surface area contributed by atoms with Crippen LogP contribution in [0.5, 0.6) is 0 Å².